The van der Waals surface area contributed by atoms with Gasteiger partial charge in [-0.2, -0.15) is 0 Å². The minimum absolute atomic E-state index is 0.116. The van der Waals surface area contributed by atoms with Gasteiger partial charge in [-0.05, 0) is 24.0 Å². The molecule has 0 spiro atoms. The molecular formula is C13H18N4. The lowest BCUT2D eigenvalue weighted by Gasteiger charge is -2.18. The zero-order chi connectivity index (χ0) is 12.6. The van der Waals surface area contributed by atoms with Crippen molar-refractivity contribution in [1.82, 2.24) is 14.8 Å². The maximum Gasteiger partial charge on any atom is 0.153 e. The highest BCUT2D eigenvalue weighted by Crippen LogP contribution is 2.21. The fourth-order valence-corrected chi connectivity index (χ4v) is 1.56. The summed E-state index contributed by atoms with van der Waals surface area (Å²) in [6.07, 6.45) is 3.77. The fraction of sp³-hybridized carbons (Fsp3) is 0.385. The Labute approximate surface area is 101 Å². The molecule has 0 saturated carbocycles. The third-order valence-corrected chi connectivity index (χ3v) is 2.78. The maximum absolute atomic E-state index is 5.72. The van der Waals surface area contributed by atoms with Crippen LogP contribution >= 0.6 is 0 Å². The molecule has 0 atom stereocenters. The molecule has 4 nitrogen and oxygen atoms in total. The molecule has 0 fully saturated rings. The van der Waals surface area contributed by atoms with Crippen LogP contribution in [0.1, 0.15) is 31.9 Å². The molecule has 0 unspecified atom stereocenters. The van der Waals surface area contributed by atoms with E-state index in [1.807, 2.05) is 25.4 Å². The average molecular weight is 230 g/mol. The Hall–Kier alpha value is -1.84. The topological polar surface area (TPSA) is 56.7 Å². The number of nitrogens with two attached hydrogens (primary N) is 1. The van der Waals surface area contributed by atoms with Gasteiger partial charge in [0.1, 0.15) is 5.82 Å². The van der Waals surface area contributed by atoms with Gasteiger partial charge in [0, 0.05) is 18.0 Å². The van der Waals surface area contributed by atoms with Crippen LogP contribution in [0.3, 0.4) is 0 Å². The molecule has 4 heteroatoms. The zero-order valence-corrected chi connectivity index (χ0v) is 10.7. The van der Waals surface area contributed by atoms with E-state index in [1.54, 1.807) is 4.68 Å². The SMILES string of the molecule is Cc1cn(-c2ccc(C(C)(C)C)cn2)nc1N. The largest absolute Gasteiger partial charge is 0.382 e. The van der Waals surface area contributed by atoms with Gasteiger partial charge in [-0.15, -0.1) is 5.10 Å². The number of nitrogen functional groups attached to an aromatic ring is 1. The van der Waals surface area contributed by atoms with Gasteiger partial charge in [0.05, 0.1) is 0 Å². The fourth-order valence-electron chi connectivity index (χ4n) is 1.56. The summed E-state index contributed by atoms with van der Waals surface area (Å²) in [6, 6.07) is 4.04. The number of hydrogen-bond donors (Lipinski definition) is 1. The van der Waals surface area contributed by atoms with E-state index in [1.165, 1.54) is 5.56 Å². The molecule has 0 bridgehead atoms. The molecule has 2 N–H and O–H groups in total. The van der Waals surface area contributed by atoms with Crippen LogP contribution in [-0.2, 0) is 5.41 Å². The highest BCUT2D eigenvalue weighted by Gasteiger charge is 2.14. The third kappa shape index (κ3) is 2.30. The number of pyridine rings is 1. The quantitative estimate of drug-likeness (QED) is 0.818. The van der Waals surface area contributed by atoms with Gasteiger partial charge in [0.25, 0.3) is 0 Å². The lowest BCUT2D eigenvalue weighted by atomic mass is 9.88. The summed E-state index contributed by atoms with van der Waals surface area (Å²) in [7, 11) is 0. The van der Waals surface area contributed by atoms with E-state index in [0.717, 1.165) is 11.4 Å². The molecule has 90 valence electrons. The van der Waals surface area contributed by atoms with E-state index >= 15 is 0 Å². The standard InChI is InChI=1S/C13H18N4/c1-9-8-17(16-12(9)14)11-6-5-10(7-15-11)13(2,3)4/h5-8H,1-4H3,(H2,14,16). The zero-order valence-electron chi connectivity index (χ0n) is 10.7. The Bertz CT molecular complexity index is 498. The predicted molar refractivity (Wildman–Crippen MR) is 69.2 cm³/mol. The van der Waals surface area contributed by atoms with E-state index in [0.29, 0.717) is 5.82 Å². The molecule has 0 aliphatic carbocycles. The molecule has 2 rings (SSSR count). The summed E-state index contributed by atoms with van der Waals surface area (Å²) < 4.78 is 1.71. The van der Waals surface area contributed by atoms with Crippen molar-refractivity contribution < 1.29 is 0 Å². The number of anilines is 1. The van der Waals surface area contributed by atoms with E-state index in [9.17, 15) is 0 Å². The molecule has 0 amide bonds. The van der Waals surface area contributed by atoms with Crippen molar-refractivity contribution in [2.75, 3.05) is 5.73 Å². The molecule has 2 aromatic rings. The van der Waals surface area contributed by atoms with Crippen molar-refractivity contribution >= 4 is 5.82 Å². The molecule has 0 saturated heterocycles. The number of aromatic nitrogens is 3. The molecule has 0 aliphatic heterocycles. The van der Waals surface area contributed by atoms with Crippen LogP contribution in [0.4, 0.5) is 5.82 Å². The highest BCUT2D eigenvalue weighted by atomic mass is 15.3. The molecule has 0 radical (unpaired) electrons. The molecule has 0 aliphatic rings. The Morgan fingerprint density at radius 1 is 1.24 bits per heavy atom. The normalized spacial score (nSPS) is 11.8. The van der Waals surface area contributed by atoms with Crippen LogP contribution in [0.2, 0.25) is 0 Å². The van der Waals surface area contributed by atoms with Gasteiger partial charge in [0.2, 0.25) is 0 Å². The van der Waals surface area contributed by atoms with E-state index in [2.05, 4.69) is 36.9 Å². The van der Waals surface area contributed by atoms with Crippen LogP contribution in [0.15, 0.2) is 24.5 Å². The Morgan fingerprint density at radius 2 is 1.94 bits per heavy atom. The number of aryl methyl sites for hydroxylation is 1. The second-order valence-electron chi connectivity index (χ2n) is 5.30. The summed E-state index contributed by atoms with van der Waals surface area (Å²) in [5, 5.41) is 4.20. The van der Waals surface area contributed by atoms with Crippen LogP contribution in [0, 0.1) is 6.92 Å². The van der Waals surface area contributed by atoms with E-state index < -0.39 is 0 Å². The van der Waals surface area contributed by atoms with E-state index in [4.69, 9.17) is 5.73 Å². The maximum atomic E-state index is 5.72. The summed E-state index contributed by atoms with van der Waals surface area (Å²) in [5.74, 6) is 1.34. The first-order chi connectivity index (χ1) is 7.88. The Morgan fingerprint density at radius 3 is 2.35 bits per heavy atom. The molecule has 2 heterocycles. The number of hydrogen-bond acceptors (Lipinski definition) is 3. The van der Waals surface area contributed by atoms with Gasteiger partial charge >= 0.3 is 0 Å². The van der Waals surface area contributed by atoms with Gasteiger partial charge in [-0.25, -0.2) is 9.67 Å². The van der Waals surface area contributed by atoms with Crippen molar-refractivity contribution in [1.29, 1.82) is 0 Å². The van der Waals surface area contributed by atoms with Crippen LogP contribution in [-0.4, -0.2) is 14.8 Å². The second kappa shape index (κ2) is 3.87. The lowest BCUT2D eigenvalue weighted by Crippen LogP contribution is -2.12. The third-order valence-electron chi connectivity index (χ3n) is 2.78. The Kier molecular flexibility index (Phi) is 2.65. The van der Waals surface area contributed by atoms with Gasteiger partial charge in [0.15, 0.2) is 5.82 Å². The molecule has 17 heavy (non-hydrogen) atoms. The molecule has 2 aromatic heterocycles. The second-order valence-corrected chi connectivity index (χ2v) is 5.30. The van der Waals surface area contributed by atoms with Gasteiger partial charge in [-0.1, -0.05) is 26.8 Å². The van der Waals surface area contributed by atoms with Crippen molar-refractivity contribution in [2.45, 2.75) is 33.1 Å². The minimum Gasteiger partial charge on any atom is -0.382 e. The van der Waals surface area contributed by atoms with Crippen molar-refractivity contribution in [3.8, 4) is 5.82 Å². The van der Waals surface area contributed by atoms with Crippen LogP contribution < -0.4 is 5.73 Å². The van der Waals surface area contributed by atoms with Crippen LogP contribution in [0.25, 0.3) is 5.82 Å². The average Bonchev–Trinajstić information content (AvgIpc) is 2.58. The lowest BCUT2D eigenvalue weighted by molar-refractivity contribution is 0.586. The van der Waals surface area contributed by atoms with Crippen molar-refractivity contribution in [3.63, 3.8) is 0 Å². The number of nitrogens with zero attached hydrogens (tertiary/aromatic N) is 3. The minimum atomic E-state index is 0.116. The molecular weight excluding hydrogens is 212 g/mol. The van der Waals surface area contributed by atoms with E-state index in [-0.39, 0.29) is 5.41 Å². The van der Waals surface area contributed by atoms with Crippen molar-refractivity contribution in [3.05, 3.63) is 35.7 Å². The summed E-state index contributed by atoms with van der Waals surface area (Å²) in [6.45, 7) is 8.43. The monoisotopic (exact) mass is 230 g/mol. The van der Waals surface area contributed by atoms with Crippen molar-refractivity contribution in [2.24, 2.45) is 0 Å². The first-order valence-electron chi connectivity index (χ1n) is 5.66. The highest BCUT2D eigenvalue weighted by molar-refractivity contribution is 5.39. The number of rotatable bonds is 1. The van der Waals surface area contributed by atoms with Gasteiger partial charge < -0.3 is 5.73 Å². The summed E-state index contributed by atoms with van der Waals surface area (Å²) in [4.78, 5) is 4.41. The summed E-state index contributed by atoms with van der Waals surface area (Å²) >= 11 is 0. The smallest absolute Gasteiger partial charge is 0.153 e. The first-order valence-corrected chi connectivity index (χ1v) is 5.66. The Balaban J connectivity index is 2.36. The summed E-state index contributed by atoms with van der Waals surface area (Å²) in [5.41, 5.74) is 8.00. The first kappa shape index (κ1) is 11.6. The predicted octanol–water partition coefficient (Wildman–Crippen LogP) is 2.46. The van der Waals surface area contributed by atoms with Crippen LogP contribution in [0.5, 0.6) is 0 Å². The van der Waals surface area contributed by atoms with Gasteiger partial charge in [-0.3, -0.25) is 0 Å². The molecule has 0 aromatic carbocycles.